The lowest BCUT2D eigenvalue weighted by atomic mass is 9.72. The topological polar surface area (TPSA) is 20.2 Å². The van der Waals surface area contributed by atoms with Crippen molar-refractivity contribution in [1.29, 1.82) is 0 Å². The van der Waals surface area contributed by atoms with Crippen LogP contribution in [-0.2, 0) is 5.60 Å². The second-order valence-electron chi connectivity index (χ2n) is 8.33. The fraction of sp³-hybridized carbons (Fsp3) is 0.652. The van der Waals surface area contributed by atoms with E-state index in [1.807, 2.05) is 18.2 Å². The molecule has 2 rings (SSSR count). The summed E-state index contributed by atoms with van der Waals surface area (Å²) >= 11 is 0. The summed E-state index contributed by atoms with van der Waals surface area (Å²) in [6, 6.07) is 10.2. The number of hydrogen-bond donors (Lipinski definition) is 1. The molecule has 0 unspecified atom stereocenters. The first-order chi connectivity index (χ1) is 12.0. The van der Waals surface area contributed by atoms with Gasteiger partial charge >= 0.3 is 0 Å². The summed E-state index contributed by atoms with van der Waals surface area (Å²) in [5, 5.41) is 11.6. The van der Waals surface area contributed by atoms with Crippen LogP contribution in [0, 0.1) is 17.8 Å². The van der Waals surface area contributed by atoms with Crippen LogP contribution in [0.15, 0.2) is 30.3 Å². The normalized spacial score (nSPS) is 18.2. The minimum atomic E-state index is -0.796. The predicted molar refractivity (Wildman–Crippen MR) is 106 cm³/mol. The standard InChI is InChI=1S/C23H36NO/c1-4-5-19-24(2,3)20-13-12-18-23(25,21-14-8-6-9-15-21)22-16-10-7-11-17-22/h6,8-9,14-15,22,25H,4-5,7,10-11,16-20H2,1-3H3/q+1/t23-/m0/s1. The number of unbranched alkanes of at least 4 members (excludes halogenated alkanes) is 1. The molecule has 1 aliphatic carbocycles. The third-order valence-corrected chi connectivity index (χ3v) is 5.66. The minimum Gasteiger partial charge on any atom is -0.384 e. The molecule has 1 aromatic rings. The summed E-state index contributed by atoms with van der Waals surface area (Å²) in [6.45, 7) is 4.25. The molecule has 25 heavy (non-hydrogen) atoms. The molecule has 138 valence electrons. The number of hydrogen-bond acceptors (Lipinski definition) is 1. The number of rotatable bonds is 7. The fourth-order valence-electron chi connectivity index (χ4n) is 3.92. The highest BCUT2D eigenvalue weighted by Crippen LogP contribution is 2.41. The lowest BCUT2D eigenvalue weighted by Gasteiger charge is -2.38. The smallest absolute Gasteiger partial charge is 0.140 e. The van der Waals surface area contributed by atoms with Crippen LogP contribution in [0.5, 0.6) is 0 Å². The van der Waals surface area contributed by atoms with E-state index in [4.69, 9.17) is 0 Å². The van der Waals surface area contributed by atoms with Crippen molar-refractivity contribution in [2.75, 3.05) is 27.2 Å². The van der Waals surface area contributed by atoms with Crippen LogP contribution in [0.1, 0.15) is 63.9 Å². The van der Waals surface area contributed by atoms with Gasteiger partial charge < -0.3 is 9.59 Å². The maximum absolute atomic E-state index is 11.6. The molecule has 2 nitrogen and oxygen atoms in total. The lowest BCUT2D eigenvalue weighted by Crippen LogP contribution is -2.40. The van der Waals surface area contributed by atoms with Crippen LogP contribution in [0.3, 0.4) is 0 Å². The van der Waals surface area contributed by atoms with Gasteiger partial charge in [-0.1, -0.05) is 68.9 Å². The molecule has 1 aliphatic rings. The Hall–Kier alpha value is -1.30. The second kappa shape index (κ2) is 9.41. The summed E-state index contributed by atoms with van der Waals surface area (Å²) in [7, 11) is 4.49. The largest absolute Gasteiger partial charge is 0.384 e. The lowest BCUT2D eigenvalue weighted by molar-refractivity contribution is -0.883. The van der Waals surface area contributed by atoms with Crippen LogP contribution in [0.4, 0.5) is 0 Å². The molecule has 0 aromatic heterocycles. The van der Waals surface area contributed by atoms with E-state index < -0.39 is 5.60 Å². The van der Waals surface area contributed by atoms with Crippen molar-refractivity contribution in [1.82, 2.24) is 0 Å². The molecule has 1 saturated carbocycles. The molecule has 1 fully saturated rings. The van der Waals surface area contributed by atoms with E-state index in [-0.39, 0.29) is 0 Å². The highest BCUT2D eigenvalue weighted by molar-refractivity contribution is 5.26. The van der Waals surface area contributed by atoms with Gasteiger partial charge in [0.15, 0.2) is 0 Å². The zero-order valence-electron chi connectivity index (χ0n) is 16.4. The number of nitrogens with zero attached hydrogens (tertiary/aromatic N) is 1. The van der Waals surface area contributed by atoms with Gasteiger partial charge in [0.1, 0.15) is 12.1 Å². The van der Waals surface area contributed by atoms with Crippen LogP contribution in [0.2, 0.25) is 0 Å². The quantitative estimate of drug-likeness (QED) is 0.561. The van der Waals surface area contributed by atoms with Crippen molar-refractivity contribution < 1.29 is 9.59 Å². The van der Waals surface area contributed by atoms with Gasteiger partial charge in [-0.05, 0) is 36.7 Å². The summed E-state index contributed by atoms with van der Waals surface area (Å²) in [4.78, 5) is 0. The number of benzene rings is 1. The molecule has 0 saturated heterocycles. The Morgan fingerprint density at radius 3 is 2.40 bits per heavy atom. The molecule has 1 N–H and O–H groups in total. The maximum Gasteiger partial charge on any atom is 0.140 e. The fourth-order valence-corrected chi connectivity index (χ4v) is 3.92. The molecule has 0 radical (unpaired) electrons. The van der Waals surface area contributed by atoms with Gasteiger partial charge in [0.05, 0.1) is 20.6 Å². The van der Waals surface area contributed by atoms with Crippen molar-refractivity contribution in [3.05, 3.63) is 35.9 Å². The van der Waals surface area contributed by atoms with Gasteiger partial charge in [0, 0.05) is 6.42 Å². The zero-order chi connectivity index (χ0) is 18.2. The van der Waals surface area contributed by atoms with E-state index in [9.17, 15) is 5.11 Å². The van der Waals surface area contributed by atoms with Gasteiger partial charge in [-0.3, -0.25) is 0 Å². The molecule has 1 atom stereocenters. The van der Waals surface area contributed by atoms with Crippen molar-refractivity contribution in [3.8, 4) is 11.8 Å². The molecule has 0 heterocycles. The van der Waals surface area contributed by atoms with Gasteiger partial charge in [0.2, 0.25) is 0 Å². The predicted octanol–water partition coefficient (Wildman–Crippen LogP) is 4.72. The molecule has 0 aliphatic heterocycles. The Kier molecular flexibility index (Phi) is 7.54. The molecule has 0 amide bonds. The molecule has 1 aromatic carbocycles. The first-order valence-electron chi connectivity index (χ1n) is 10.0. The van der Waals surface area contributed by atoms with Gasteiger partial charge in [-0.2, -0.15) is 0 Å². The van der Waals surface area contributed by atoms with Crippen LogP contribution >= 0.6 is 0 Å². The minimum absolute atomic E-state index is 0.334. The summed E-state index contributed by atoms with van der Waals surface area (Å²) in [6.07, 6.45) is 9.01. The number of aliphatic hydroxyl groups is 1. The van der Waals surface area contributed by atoms with Crippen molar-refractivity contribution in [3.63, 3.8) is 0 Å². The van der Waals surface area contributed by atoms with Crippen molar-refractivity contribution in [2.24, 2.45) is 5.92 Å². The first-order valence-corrected chi connectivity index (χ1v) is 10.0. The highest BCUT2D eigenvalue weighted by Gasteiger charge is 2.38. The zero-order valence-corrected chi connectivity index (χ0v) is 16.4. The van der Waals surface area contributed by atoms with E-state index in [1.165, 1.54) is 32.1 Å². The molecular weight excluding hydrogens is 306 g/mol. The second-order valence-corrected chi connectivity index (χ2v) is 8.33. The Bertz CT molecular complexity index is 563. The third-order valence-electron chi connectivity index (χ3n) is 5.66. The van der Waals surface area contributed by atoms with Gasteiger partial charge in [-0.15, -0.1) is 0 Å². The van der Waals surface area contributed by atoms with E-state index in [2.05, 4.69) is 45.0 Å². The third kappa shape index (κ3) is 5.87. The summed E-state index contributed by atoms with van der Waals surface area (Å²) in [5.74, 6) is 7.03. The van der Waals surface area contributed by atoms with Crippen LogP contribution in [-0.4, -0.2) is 36.8 Å². The van der Waals surface area contributed by atoms with Crippen LogP contribution < -0.4 is 0 Å². The van der Waals surface area contributed by atoms with E-state index in [1.54, 1.807) is 0 Å². The molecule has 0 bridgehead atoms. The Morgan fingerprint density at radius 1 is 1.08 bits per heavy atom. The van der Waals surface area contributed by atoms with E-state index in [0.717, 1.165) is 36.0 Å². The Labute approximate surface area is 154 Å². The van der Waals surface area contributed by atoms with E-state index >= 15 is 0 Å². The summed E-state index contributed by atoms with van der Waals surface area (Å²) < 4.78 is 0.939. The summed E-state index contributed by atoms with van der Waals surface area (Å²) in [5.41, 5.74) is 0.242. The monoisotopic (exact) mass is 342 g/mol. The van der Waals surface area contributed by atoms with Crippen molar-refractivity contribution >= 4 is 0 Å². The average molecular weight is 343 g/mol. The van der Waals surface area contributed by atoms with Crippen LogP contribution in [0.25, 0.3) is 0 Å². The number of quaternary nitrogens is 1. The SMILES string of the molecule is CCCC[N+](C)(C)CC#CC[C@](O)(c1ccccc1)C1CCCCC1. The Balaban J connectivity index is 2.08. The molecule has 2 heteroatoms. The molecule has 0 spiro atoms. The van der Waals surface area contributed by atoms with Gasteiger partial charge in [0.25, 0.3) is 0 Å². The molecular formula is C23H36NO+. The van der Waals surface area contributed by atoms with E-state index in [0.29, 0.717) is 12.3 Å². The van der Waals surface area contributed by atoms with Gasteiger partial charge in [-0.25, -0.2) is 0 Å². The average Bonchev–Trinajstić information content (AvgIpc) is 2.65. The maximum atomic E-state index is 11.6. The first kappa shape index (κ1) is 20.0. The van der Waals surface area contributed by atoms with Crippen molar-refractivity contribution in [2.45, 2.75) is 63.9 Å². The highest BCUT2D eigenvalue weighted by atomic mass is 16.3. The Morgan fingerprint density at radius 2 is 1.76 bits per heavy atom.